The van der Waals surface area contributed by atoms with Gasteiger partial charge in [0.05, 0.1) is 17.8 Å². The number of nitrogens with zero attached hydrogens (tertiary/aromatic N) is 5. The molecular weight excluding hydrogens is 353 g/mol. The molecule has 0 saturated heterocycles. The van der Waals surface area contributed by atoms with Crippen molar-refractivity contribution in [3.8, 4) is 27.4 Å². The fraction of sp³-hybridized carbons (Fsp3) is 0.389. The van der Waals surface area contributed by atoms with Crippen molar-refractivity contribution >= 4 is 16.5 Å². The van der Waals surface area contributed by atoms with Gasteiger partial charge in [-0.05, 0) is 37.0 Å². The number of hydrogen-bond acceptors (Lipinski definition) is 6. The van der Waals surface area contributed by atoms with Crippen LogP contribution in [0.25, 0.3) is 21.7 Å². The van der Waals surface area contributed by atoms with E-state index in [1.807, 2.05) is 37.3 Å². The van der Waals surface area contributed by atoms with Crippen LogP contribution in [0, 0.1) is 0 Å². The predicted molar refractivity (Wildman–Crippen MR) is 100 cm³/mol. The Labute approximate surface area is 154 Å². The molecular formula is C18H20FN5OS. The minimum Gasteiger partial charge on any atom is -0.507 e. The Balaban J connectivity index is 1.59. The smallest absolute Gasteiger partial charge is 0.208 e. The molecule has 1 saturated carbocycles. The lowest BCUT2D eigenvalue weighted by molar-refractivity contribution is 0.307. The molecule has 2 atom stereocenters. The van der Waals surface area contributed by atoms with E-state index in [1.165, 1.54) is 11.3 Å². The molecule has 1 N–H and O–H groups in total. The largest absolute Gasteiger partial charge is 0.507 e. The van der Waals surface area contributed by atoms with Crippen LogP contribution in [-0.2, 0) is 7.05 Å². The van der Waals surface area contributed by atoms with E-state index >= 15 is 0 Å². The molecule has 1 fully saturated rings. The number of benzene rings is 1. The van der Waals surface area contributed by atoms with Gasteiger partial charge in [-0.25, -0.2) is 4.39 Å². The summed E-state index contributed by atoms with van der Waals surface area (Å²) in [5.74, 6) is 0.140. The predicted octanol–water partition coefficient (Wildman–Crippen LogP) is 3.64. The van der Waals surface area contributed by atoms with Crippen molar-refractivity contribution in [1.82, 2.24) is 20.0 Å². The van der Waals surface area contributed by atoms with Crippen molar-refractivity contribution in [2.75, 3.05) is 11.9 Å². The monoisotopic (exact) mass is 373 g/mol. The summed E-state index contributed by atoms with van der Waals surface area (Å²) in [6.45, 7) is 0. The van der Waals surface area contributed by atoms with Crippen LogP contribution in [0.3, 0.4) is 0 Å². The summed E-state index contributed by atoms with van der Waals surface area (Å²) in [6, 6.07) is 5.31. The summed E-state index contributed by atoms with van der Waals surface area (Å²) in [4.78, 5) is 1.87. The van der Waals surface area contributed by atoms with Crippen LogP contribution >= 0.6 is 11.3 Å². The fourth-order valence-electron chi connectivity index (χ4n) is 3.40. The third kappa shape index (κ3) is 3.05. The minimum absolute atomic E-state index is 0.140. The van der Waals surface area contributed by atoms with Crippen LogP contribution in [0.1, 0.15) is 19.3 Å². The highest BCUT2D eigenvalue weighted by Gasteiger charge is 2.32. The van der Waals surface area contributed by atoms with Crippen molar-refractivity contribution in [2.24, 2.45) is 7.05 Å². The minimum atomic E-state index is -0.820. The van der Waals surface area contributed by atoms with Gasteiger partial charge in [0.2, 0.25) is 5.13 Å². The highest BCUT2D eigenvalue weighted by Crippen LogP contribution is 2.38. The molecule has 3 aromatic rings. The molecule has 1 aliphatic rings. The van der Waals surface area contributed by atoms with E-state index in [1.54, 1.807) is 16.9 Å². The number of phenols is 1. The van der Waals surface area contributed by atoms with Crippen LogP contribution in [-0.4, -0.2) is 44.3 Å². The Bertz CT molecular complexity index is 924. The summed E-state index contributed by atoms with van der Waals surface area (Å²) in [5.41, 5.74) is 2.44. The van der Waals surface area contributed by atoms with Crippen molar-refractivity contribution in [3.63, 3.8) is 0 Å². The number of alkyl halides is 1. The Hall–Kier alpha value is -2.48. The first kappa shape index (κ1) is 17.0. The van der Waals surface area contributed by atoms with Gasteiger partial charge >= 0.3 is 0 Å². The van der Waals surface area contributed by atoms with Gasteiger partial charge in [-0.2, -0.15) is 5.10 Å². The zero-order valence-corrected chi connectivity index (χ0v) is 15.4. The average molecular weight is 373 g/mol. The van der Waals surface area contributed by atoms with Crippen LogP contribution in [0.4, 0.5) is 9.52 Å². The van der Waals surface area contributed by atoms with E-state index in [0.29, 0.717) is 22.1 Å². The Morgan fingerprint density at radius 1 is 1.27 bits per heavy atom. The van der Waals surface area contributed by atoms with Gasteiger partial charge in [-0.1, -0.05) is 17.4 Å². The lowest BCUT2D eigenvalue weighted by atomic mass is 10.1. The highest BCUT2D eigenvalue weighted by atomic mass is 32.1. The molecule has 0 spiro atoms. The molecule has 2 heterocycles. The topological polar surface area (TPSA) is 67.1 Å². The van der Waals surface area contributed by atoms with Crippen molar-refractivity contribution in [3.05, 3.63) is 30.6 Å². The SMILES string of the molecule is CN(c1nnc(-c2ccc(-c3cnn(C)c3)cc2O)s1)[C@H]1CCC[C@H]1F. The molecule has 136 valence electrons. The van der Waals surface area contributed by atoms with E-state index in [4.69, 9.17) is 0 Å². The zero-order valence-electron chi connectivity index (χ0n) is 14.6. The van der Waals surface area contributed by atoms with Crippen LogP contribution in [0.2, 0.25) is 0 Å². The van der Waals surface area contributed by atoms with Crippen LogP contribution in [0.5, 0.6) is 5.75 Å². The van der Waals surface area contributed by atoms with Crippen LogP contribution < -0.4 is 4.90 Å². The first-order valence-corrected chi connectivity index (χ1v) is 9.37. The van der Waals surface area contributed by atoms with Gasteiger partial charge in [0.15, 0.2) is 5.01 Å². The maximum absolute atomic E-state index is 14.0. The van der Waals surface area contributed by atoms with Crippen molar-refractivity contribution in [1.29, 1.82) is 0 Å². The van der Waals surface area contributed by atoms with Gasteiger partial charge in [-0.15, -0.1) is 10.2 Å². The van der Waals surface area contributed by atoms with Gasteiger partial charge in [-0.3, -0.25) is 4.68 Å². The third-order valence-electron chi connectivity index (χ3n) is 4.88. The molecule has 0 amide bonds. The molecule has 0 aliphatic heterocycles. The van der Waals surface area contributed by atoms with Gasteiger partial charge in [0.25, 0.3) is 0 Å². The van der Waals surface area contributed by atoms with Crippen LogP contribution in [0.15, 0.2) is 30.6 Å². The summed E-state index contributed by atoms with van der Waals surface area (Å²) >= 11 is 1.36. The average Bonchev–Trinajstić information content (AvgIpc) is 3.35. The lowest BCUT2D eigenvalue weighted by Crippen LogP contribution is -2.35. The molecule has 1 aliphatic carbocycles. The number of rotatable bonds is 4. The number of halogens is 1. The third-order valence-corrected chi connectivity index (χ3v) is 5.92. The quantitative estimate of drug-likeness (QED) is 0.756. The number of aromatic nitrogens is 4. The van der Waals surface area contributed by atoms with E-state index < -0.39 is 6.17 Å². The first-order valence-electron chi connectivity index (χ1n) is 8.56. The Morgan fingerprint density at radius 2 is 2.12 bits per heavy atom. The van der Waals surface area contributed by atoms with Gasteiger partial charge in [0.1, 0.15) is 11.9 Å². The van der Waals surface area contributed by atoms with Gasteiger partial charge < -0.3 is 10.0 Å². The van der Waals surface area contributed by atoms with E-state index in [-0.39, 0.29) is 11.8 Å². The molecule has 2 aromatic heterocycles. The molecule has 0 bridgehead atoms. The highest BCUT2D eigenvalue weighted by molar-refractivity contribution is 7.18. The number of aromatic hydroxyl groups is 1. The molecule has 0 unspecified atom stereocenters. The van der Waals surface area contributed by atoms with E-state index in [0.717, 1.165) is 24.0 Å². The number of aryl methyl sites for hydroxylation is 1. The summed E-state index contributed by atoms with van der Waals surface area (Å²) in [6.07, 6.45) is 5.16. The summed E-state index contributed by atoms with van der Waals surface area (Å²) in [5, 5.41) is 24.3. The molecule has 26 heavy (non-hydrogen) atoms. The molecule has 8 heteroatoms. The normalized spacial score (nSPS) is 19.8. The lowest BCUT2D eigenvalue weighted by Gasteiger charge is -2.24. The maximum Gasteiger partial charge on any atom is 0.208 e. The molecule has 4 rings (SSSR count). The first-order chi connectivity index (χ1) is 12.5. The second-order valence-electron chi connectivity index (χ2n) is 6.65. The second kappa shape index (κ2) is 6.68. The van der Waals surface area contributed by atoms with E-state index in [2.05, 4.69) is 15.3 Å². The molecule has 1 aromatic carbocycles. The molecule has 0 radical (unpaired) electrons. The fourth-order valence-corrected chi connectivity index (χ4v) is 4.30. The van der Waals surface area contributed by atoms with Gasteiger partial charge in [0, 0.05) is 25.9 Å². The zero-order chi connectivity index (χ0) is 18.3. The van der Waals surface area contributed by atoms with Crippen molar-refractivity contribution in [2.45, 2.75) is 31.5 Å². The van der Waals surface area contributed by atoms with Crippen molar-refractivity contribution < 1.29 is 9.50 Å². The number of phenolic OH excluding ortho intramolecular Hbond substituents is 1. The Morgan fingerprint density at radius 3 is 2.77 bits per heavy atom. The standard InChI is InChI=1S/C18H20FN5OS/c1-23-10-12(9-20-23)11-6-7-13(16(25)8-11)17-21-22-18(26-17)24(2)15-5-3-4-14(15)19/h6-10,14-15,25H,3-5H2,1-2H3/t14-,15+/m1/s1. The number of anilines is 1. The second-order valence-corrected chi connectivity index (χ2v) is 7.61. The maximum atomic E-state index is 14.0. The summed E-state index contributed by atoms with van der Waals surface area (Å²) < 4.78 is 15.7. The van der Waals surface area contributed by atoms with E-state index in [9.17, 15) is 9.50 Å². The Kier molecular flexibility index (Phi) is 4.36. The summed E-state index contributed by atoms with van der Waals surface area (Å²) in [7, 11) is 3.71. The number of hydrogen-bond donors (Lipinski definition) is 1. The molecule has 6 nitrogen and oxygen atoms in total.